The van der Waals surface area contributed by atoms with E-state index in [1.165, 1.54) is 22.3 Å². The van der Waals surface area contributed by atoms with E-state index in [9.17, 15) is 0 Å². The van der Waals surface area contributed by atoms with Crippen LogP contribution in [0.1, 0.15) is 36.8 Å². The Morgan fingerprint density at radius 2 is 1.62 bits per heavy atom. The Morgan fingerprint density at radius 3 is 2.31 bits per heavy atom. The Kier molecular flexibility index (Phi) is 4.77. The Labute approximate surface area is 158 Å². The number of fused-ring (bicyclic) bond motifs is 1. The van der Waals surface area contributed by atoms with Crippen molar-refractivity contribution in [3.05, 3.63) is 89.2 Å². The van der Waals surface area contributed by atoms with Crippen LogP contribution in [-0.4, -0.2) is 9.97 Å². The number of benzene rings is 2. The molecule has 26 heavy (non-hydrogen) atoms. The van der Waals surface area contributed by atoms with Crippen molar-refractivity contribution in [1.29, 1.82) is 0 Å². The smallest absolute Gasteiger partial charge is 0.137 e. The molecular formula is C23H21ClN2. The highest BCUT2D eigenvalue weighted by Gasteiger charge is 2.14. The normalized spacial score (nSPS) is 12.4. The number of rotatable bonds is 5. The largest absolute Gasteiger partial charge is 0.346 e. The molecule has 0 aliphatic carbocycles. The van der Waals surface area contributed by atoms with Crippen LogP contribution < -0.4 is 0 Å². The van der Waals surface area contributed by atoms with Crippen molar-refractivity contribution in [2.75, 3.05) is 0 Å². The molecule has 0 spiro atoms. The van der Waals surface area contributed by atoms with Gasteiger partial charge in [-0.15, -0.1) is 0 Å². The first-order valence-corrected chi connectivity index (χ1v) is 9.42. The molecule has 1 atom stereocenters. The van der Waals surface area contributed by atoms with E-state index in [0.29, 0.717) is 5.92 Å². The number of nitrogens with zero attached hydrogens (tertiary/aromatic N) is 1. The maximum absolute atomic E-state index is 6.06. The van der Waals surface area contributed by atoms with Gasteiger partial charge >= 0.3 is 0 Å². The van der Waals surface area contributed by atoms with E-state index in [1.54, 1.807) is 0 Å². The highest BCUT2D eigenvalue weighted by Crippen LogP contribution is 2.33. The third-order valence-electron chi connectivity index (χ3n) is 4.93. The summed E-state index contributed by atoms with van der Waals surface area (Å²) in [5.41, 5.74) is 6.02. The zero-order valence-electron chi connectivity index (χ0n) is 14.7. The fourth-order valence-corrected chi connectivity index (χ4v) is 3.74. The summed E-state index contributed by atoms with van der Waals surface area (Å²) in [6.45, 7) is 2.23. The number of hydrogen-bond donors (Lipinski definition) is 1. The number of aromatic amines is 1. The topological polar surface area (TPSA) is 28.7 Å². The van der Waals surface area contributed by atoms with Crippen LogP contribution in [0.3, 0.4) is 0 Å². The molecule has 3 heteroatoms. The lowest BCUT2D eigenvalue weighted by Gasteiger charge is -2.18. The molecule has 2 aromatic carbocycles. The average molecular weight is 361 g/mol. The van der Waals surface area contributed by atoms with Gasteiger partial charge in [0.2, 0.25) is 0 Å². The Morgan fingerprint density at radius 1 is 0.923 bits per heavy atom. The fraction of sp³-hybridized carbons (Fsp3) is 0.174. The van der Waals surface area contributed by atoms with Crippen molar-refractivity contribution < 1.29 is 0 Å². The van der Waals surface area contributed by atoms with Crippen LogP contribution in [0.5, 0.6) is 0 Å². The number of pyridine rings is 1. The molecule has 4 rings (SSSR count). The molecule has 0 bridgehead atoms. The van der Waals surface area contributed by atoms with Gasteiger partial charge in [0, 0.05) is 28.7 Å². The summed E-state index contributed by atoms with van der Waals surface area (Å²) in [4.78, 5) is 7.56. The van der Waals surface area contributed by atoms with Crippen LogP contribution in [0.15, 0.2) is 73.1 Å². The summed E-state index contributed by atoms with van der Waals surface area (Å²) in [5, 5.41) is 1.94. The van der Waals surface area contributed by atoms with E-state index in [4.69, 9.17) is 11.6 Å². The van der Waals surface area contributed by atoms with E-state index < -0.39 is 0 Å². The van der Waals surface area contributed by atoms with Gasteiger partial charge in [0.1, 0.15) is 5.65 Å². The molecule has 0 radical (unpaired) electrons. The second-order valence-electron chi connectivity index (χ2n) is 6.61. The van der Waals surface area contributed by atoms with E-state index in [0.717, 1.165) is 28.9 Å². The highest BCUT2D eigenvalue weighted by molar-refractivity contribution is 6.30. The van der Waals surface area contributed by atoms with Crippen molar-refractivity contribution in [3.63, 3.8) is 0 Å². The lowest BCUT2D eigenvalue weighted by molar-refractivity contribution is 0.698. The second kappa shape index (κ2) is 7.35. The molecule has 1 N–H and O–H groups in total. The van der Waals surface area contributed by atoms with Gasteiger partial charge in [0.25, 0.3) is 0 Å². The Hall–Kier alpha value is -2.58. The minimum atomic E-state index is 0.399. The minimum absolute atomic E-state index is 0.399. The SMILES string of the molecule is CCCC(c1ccc(Cl)cc1)c1ccc(-c2ccnc3[nH]ccc23)cc1. The molecule has 4 aromatic rings. The number of H-pyrrole nitrogens is 1. The summed E-state index contributed by atoms with van der Waals surface area (Å²) >= 11 is 6.06. The van der Waals surface area contributed by atoms with Crippen molar-refractivity contribution in [2.45, 2.75) is 25.7 Å². The molecule has 130 valence electrons. The summed E-state index contributed by atoms with van der Waals surface area (Å²) in [7, 11) is 0. The molecular weight excluding hydrogens is 340 g/mol. The number of aromatic nitrogens is 2. The summed E-state index contributed by atoms with van der Waals surface area (Å²) in [6.07, 6.45) is 6.06. The molecule has 2 nitrogen and oxygen atoms in total. The van der Waals surface area contributed by atoms with Crippen LogP contribution in [0, 0.1) is 0 Å². The molecule has 0 fully saturated rings. The van der Waals surface area contributed by atoms with Crippen molar-refractivity contribution in [3.8, 4) is 11.1 Å². The highest BCUT2D eigenvalue weighted by atomic mass is 35.5. The van der Waals surface area contributed by atoms with E-state index in [-0.39, 0.29) is 0 Å². The van der Waals surface area contributed by atoms with Gasteiger partial charge < -0.3 is 4.98 Å². The maximum Gasteiger partial charge on any atom is 0.137 e. The molecule has 0 saturated carbocycles. The van der Waals surface area contributed by atoms with Gasteiger partial charge in [-0.1, -0.05) is 61.3 Å². The average Bonchev–Trinajstić information content (AvgIpc) is 3.16. The van der Waals surface area contributed by atoms with Gasteiger partial charge in [-0.3, -0.25) is 0 Å². The molecule has 2 heterocycles. The van der Waals surface area contributed by atoms with Gasteiger partial charge in [0.15, 0.2) is 0 Å². The number of hydrogen-bond acceptors (Lipinski definition) is 1. The maximum atomic E-state index is 6.06. The van der Waals surface area contributed by atoms with Gasteiger partial charge in [-0.25, -0.2) is 4.98 Å². The van der Waals surface area contributed by atoms with Crippen molar-refractivity contribution >= 4 is 22.6 Å². The third kappa shape index (κ3) is 3.25. The van der Waals surface area contributed by atoms with Gasteiger partial charge in [-0.05, 0) is 52.9 Å². The van der Waals surface area contributed by atoms with Crippen LogP contribution in [0.2, 0.25) is 5.02 Å². The zero-order chi connectivity index (χ0) is 17.9. The molecule has 0 aliphatic rings. The Bertz CT molecular complexity index is 1000. The molecule has 0 saturated heterocycles. The number of nitrogens with one attached hydrogen (secondary N) is 1. The van der Waals surface area contributed by atoms with E-state index in [2.05, 4.69) is 65.4 Å². The first kappa shape index (κ1) is 16.9. The monoisotopic (exact) mass is 360 g/mol. The van der Waals surface area contributed by atoms with Gasteiger partial charge in [0.05, 0.1) is 0 Å². The fourth-order valence-electron chi connectivity index (χ4n) is 3.62. The van der Waals surface area contributed by atoms with Crippen LogP contribution in [-0.2, 0) is 0 Å². The van der Waals surface area contributed by atoms with Crippen molar-refractivity contribution in [1.82, 2.24) is 9.97 Å². The third-order valence-corrected chi connectivity index (χ3v) is 5.19. The summed E-state index contributed by atoms with van der Waals surface area (Å²) in [6, 6.07) is 21.3. The standard InChI is InChI=1S/C23H21ClN2/c1-2-3-20(17-8-10-19(24)11-9-17)16-4-6-18(7-5-16)21-12-14-25-23-22(21)13-15-26-23/h4-15,20H,2-3H2,1H3,(H,25,26). The van der Waals surface area contributed by atoms with E-state index in [1.807, 2.05) is 24.5 Å². The predicted molar refractivity (Wildman–Crippen MR) is 110 cm³/mol. The Balaban J connectivity index is 1.69. The van der Waals surface area contributed by atoms with Crippen LogP contribution in [0.4, 0.5) is 0 Å². The lowest BCUT2D eigenvalue weighted by atomic mass is 9.87. The second-order valence-corrected chi connectivity index (χ2v) is 7.05. The molecule has 1 unspecified atom stereocenters. The minimum Gasteiger partial charge on any atom is -0.346 e. The first-order chi connectivity index (χ1) is 12.8. The predicted octanol–water partition coefficient (Wildman–Crippen LogP) is 6.82. The summed E-state index contributed by atoms with van der Waals surface area (Å²) < 4.78 is 0. The molecule has 2 aromatic heterocycles. The molecule has 0 amide bonds. The lowest BCUT2D eigenvalue weighted by Crippen LogP contribution is -2.00. The van der Waals surface area contributed by atoms with E-state index >= 15 is 0 Å². The van der Waals surface area contributed by atoms with Gasteiger partial charge in [-0.2, -0.15) is 0 Å². The first-order valence-electron chi connectivity index (χ1n) is 9.04. The van der Waals surface area contributed by atoms with Crippen LogP contribution >= 0.6 is 11.6 Å². The quantitative estimate of drug-likeness (QED) is 0.415. The number of halogens is 1. The summed E-state index contributed by atoms with van der Waals surface area (Å²) in [5.74, 6) is 0.399. The zero-order valence-corrected chi connectivity index (χ0v) is 15.5. The van der Waals surface area contributed by atoms with Crippen molar-refractivity contribution in [2.24, 2.45) is 0 Å². The molecule has 0 aliphatic heterocycles. The van der Waals surface area contributed by atoms with Crippen LogP contribution in [0.25, 0.3) is 22.2 Å².